The van der Waals surface area contributed by atoms with Gasteiger partial charge < -0.3 is 15.2 Å². The van der Waals surface area contributed by atoms with Crippen molar-refractivity contribution in [3.05, 3.63) is 59.7 Å². The van der Waals surface area contributed by atoms with Gasteiger partial charge in [0.1, 0.15) is 11.5 Å². The minimum absolute atomic E-state index is 0. The van der Waals surface area contributed by atoms with Crippen molar-refractivity contribution < 1.29 is 14.3 Å². The fraction of sp³-hybridized carbons (Fsp3) is 0.278. The van der Waals surface area contributed by atoms with E-state index in [4.69, 9.17) is 15.2 Å². The molecule has 1 unspecified atom stereocenters. The number of ether oxygens (including phenoxy) is 2. The first-order valence-corrected chi connectivity index (χ1v) is 7.07. The molecule has 0 radical (unpaired) electrons. The van der Waals surface area contributed by atoms with Gasteiger partial charge in [-0.15, -0.1) is 12.4 Å². The maximum atomic E-state index is 12.7. The molecule has 4 nitrogen and oxygen atoms in total. The van der Waals surface area contributed by atoms with Crippen molar-refractivity contribution in [3.8, 4) is 11.5 Å². The number of Topliss-reactive ketones (excluding diaryl/α,β-unsaturated/α-hetero) is 1. The Morgan fingerprint density at radius 3 is 2.22 bits per heavy atom. The van der Waals surface area contributed by atoms with Crippen molar-refractivity contribution >= 4 is 18.2 Å². The van der Waals surface area contributed by atoms with E-state index in [0.717, 1.165) is 11.3 Å². The van der Waals surface area contributed by atoms with Gasteiger partial charge in [0.15, 0.2) is 5.78 Å². The summed E-state index contributed by atoms with van der Waals surface area (Å²) >= 11 is 0. The van der Waals surface area contributed by atoms with E-state index in [1.54, 1.807) is 45.4 Å². The van der Waals surface area contributed by atoms with Gasteiger partial charge in [-0.1, -0.05) is 24.3 Å². The number of carbonyl (C=O) groups is 1. The fourth-order valence-corrected chi connectivity index (χ4v) is 2.34. The van der Waals surface area contributed by atoms with Gasteiger partial charge in [-0.05, 0) is 43.2 Å². The van der Waals surface area contributed by atoms with Crippen LogP contribution in [0.1, 0.15) is 22.8 Å². The van der Waals surface area contributed by atoms with Crippen molar-refractivity contribution in [1.29, 1.82) is 0 Å². The number of ketones is 1. The molecule has 2 rings (SSSR count). The average molecular weight is 336 g/mol. The molecular weight excluding hydrogens is 314 g/mol. The zero-order valence-electron chi connectivity index (χ0n) is 13.5. The molecule has 2 N–H and O–H groups in total. The van der Waals surface area contributed by atoms with E-state index in [9.17, 15) is 4.79 Å². The molecule has 2 aromatic rings. The molecule has 0 bridgehead atoms. The first-order chi connectivity index (χ1) is 10.5. The monoisotopic (exact) mass is 335 g/mol. The molecule has 0 amide bonds. The summed E-state index contributed by atoms with van der Waals surface area (Å²) in [6.45, 7) is 1.75. The van der Waals surface area contributed by atoms with Crippen LogP contribution in [0.4, 0.5) is 0 Å². The van der Waals surface area contributed by atoms with E-state index in [2.05, 4.69) is 0 Å². The van der Waals surface area contributed by atoms with Crippen LogP contribution in [0.15, 0.2) is 48.5 Å². The lowest BCUT2D eigenvalue weighted by Crippen LogP contribution is -2.47. The molecule has 0 saturated heterocycles. The molecule has 0 aliphatic rings. The van der Waals surface area contributed by atoms with Gasteiger partial charge in [0.2, 0.25) is 0 Å². The SMILES string of the molecule is COc1ccc(CC(C)(N)C(=O)c2cccc(OC)c2)cc1.Cl. The number of carbonyl (C=O) groups excluding carboxylic acids is 1. The predicted molar refractivity (Wildman–Crippen MR) is 93.9 cm³/mol. The molecule has 0 heterocycles. The molecule has 0 aromatic heterocycles. The van der Waals surface area contributed by atoms with Crippen molar-refractivity contribution in [2.75, 3.05) is 14.2 Å². The molecule has 5 heteroatoms. The maximum Gasteiger partial charge on any atom is 0.182 e. The van der Waals surface area contributed by atoms with Gasteiger partial charge in [0.25, 0.3) is 0 Å². The Labute approximate surface area is 143 Å². The van der Waals surface area contributed by atoms with Gasteiger partial charge in [0.05, 0.1) is 19.8 Å². The van der Waals surface area contributed by atoms with Crippen molar-refractivity contribution in [2.24, 2.45) is 5.73 Å². The number of hydrogen-bond acceptors (Lipinski definition) is 4. The molecular formula is C18H22ClNO3. The smallest absolute Gasteiger partial charge is 0.182 e. The van der Waals surface area contributed by atoms with Gasteiger partial charge in [-0.3, -0.25) is 4.79 Å². The van der Waals surface area contributed by atoms with Crippen LogP contribution in [-0.4, -0.2) is 25.5 Å². The van der Waals surface area contributed by atoms with E-state index in [1.807, 2.05) is 24.3 Å². The second kappa shape index (κ2) is 7.99. The van der Waals surface area contributed by atoms with Crippen molar-refractivity contribution in [1.82, 2.24) is 0 Å². The Balaban J connectivity index is 0.00000264. The Hall–Kier alpha value is -2.04. The van der Waals surface area contributed by atoms with Crippen LogP contribution < -0.4 is 15.2 Å². The molecule has 0 aliphatic heterocycles. The third-order valence-corrected chi connectivity index (χ3v) is 3.58. The molecule has 124 valence electrons. The van der Waals surface area contributed by atoms with E-state index in [0.29, 0.717) is 17.7 Å². The summed E-state index contributed by atoms with van der Waals surface area (Å²) in [6, 6.07) is 14.6. The normalized spacial score (nSPS) is 12.7. The number of methoxy groups -OCH3 is 2. The zero-order chi connectivity index (χ0) is 16.2. The van der Waals surface area contributed by atoms with Gasteiger partial charge in [-0.25, -0.2) is 0 Å². The molecule has 23 heavy (non-hydrogen) atoms. The minimum Gasteiger partial charge on any atom is -0.497 e. The van der Waals surface area contributed by atoms with Crippen LogP contribution in [-0.2, 0) is 6.42 Å². The summed E-state index contributed by atoms with van der Waals surface area (Å²) in [5, 5.41) is 0. The first-order valence-electron chi connectivity index (χ1n) is 7.07. The highest BCUT2D eigenvalue weighted by Gasteiger charge is 2.29. The lowest BCUT2D eigenvalue weighted by Gasteiger charge is -2.23. The van der Waals surface area contributed by atoms with E-state index in [1.165, 1.54) is 0 Å². The van der Waals surface area contributed by atoms with Gasteiger partial charge in [0, 0.05) is 5.56 Å². The first kappa shape index (κ1) is 19.0. The lowest BCUT2D eigenvalue weighted by molar-refractivity contribution is 0.0900. The largest absolute Gasteiger partial charge is 0.497 e. The Morgan fingerprint density at radius 2 is 1.65 bits per heavy atom. The third-order valence-electron chi connectivity index (χ3n) is 3.58. The van der Waals surface area contributed by atoms with Gasteiger partial charge >= 0.3 is 0 Å². The lowest BCUT2D eigenvalue weighted by atomic mass is 9.86. The van der Waals surface area contributed by atoms with Crippen LogP contribution in [0.3, 0.4) is 0 Å². The van der Waals surface area contributed by atoms with Crippen molar-refractivity contribution in [2.45, 2.75) is 18.9 Å². The van der Waals surface area contributed by atoms with E-state index >= 15 is 0 Å². The summed E-state index contributed by atoms with van der Waals surface area (Å²) < 4.78 is 10.3. The summed E-state index contributed by atoms with van der Waals surface area (Å²) in [6.07, 6.45) is 0.451. The average Bonchev–Trinajstić information content (AvgIpc) is 2.54. The zero-order valence-corrected chi connectivity index (χ0v) is 14.4. The summed E-state index contributed by atoms with van der Waals surface area (Å²) in [7, 11) is 3.19. The van der Waals surface area contributed by atoms with E-state index < -0.39 is 5.54 Å². The standard InChI is InChI=1S/C18H21NO3.ClH/c1-18(19,12-13-7-9-15(21-2)10-8-13)17(20)14-5-4-6-16(11-14)22-3;/h4-11H,12,19H2,1-3H3;1H. The number of nitrogens with two attached hydrogens (primary N) is 1. The Bertz CT molecular complexity index is 654. The van der Waals surface area contributed by atoms with Crippen LogP contribution in [0, 0.1) is 0 Å². The van der Waals surface area contributed by atoms with E-state index in [-0.39, 0.29) is 18.2 Å². The van der Waals surface area contributed by atoms with Gasteiger partial charge in [-0.2, -0.15) is 0 Å². The number of rotatable bonds is 6. The second-order valence-electron chi connectivity index (χ2n) is 5.50. The van der Waals surface area contributed by atoms with Crippen LogP contribution in [0.2, 0.25) is 0 Å². The Morgan fingerprint density at radius 1 is 1.04 bits per heavy atom. The molecule has 0 saturated carbocycles. The number of benzene rings is 2. The quantitative estimate of drug-likeness (QED) is 0.823. The number of hydrogen-bond donors (Lipinski definition) is 1. The van der Waals surface area contributed by atoms with Crippen LogP contribution in [0.25, 0.3) is 0 Å². The summed E-state index contributed by atoms with van der Waals surface area (Å²) in [5.41, 5.74) is 6.82. The molecule has 0 spiro atoms. The Kier molecular flexibility index (Phi) is 6.61. The topological polar surface area (TPSA) is 61.5 Å². The van der Waals surface area contributed by atoms with Crippen LogP contribution >= 0.6 is 12.4 Å². The number of halogens is 1. The third kappa shape index (κ3) is 4.71. The highest BCUT2D eigenvalue weighted by atomic mass is 35.5. The fourth-order valence-electron chi connectivity index (χ4n) is 2.34. The highest BCUT2D eigenvalue weighted by molar-refractivity contribution is 6.03. The maximum absolute atomic E-state index is 12.7. The molecule has 2 aromatic carbocycles. The summed E-state index contributed by atoms with van der Waals surface area (Å²) in [5.74, 6) is 1.31. The molecule has 1 atom stereocenters. The van der Waals surface area contributed by atoms with Crippen LogP contribution in [0.5, 0.6) is 11.5 Å². The predicted octanol–water partition coefficient (Wildman–Crippen LogP) is 3.27. The van der Waals surface area contributed by atoms with Crippen molar-refractivity contribution in [3.63, 3.8) is 0 Å². The second-order valence-corrected chi connectivity index (χ2v) is 5.50. The highest BCUT2D eigenvalue weighted by Crippen LogP contribution is 2.21. The molecule has 0 fully saturated rings. The summed E-state index contributed by atoms with van der Waals surface area (Å²) in [4.78, 5) is 12.7. The molecule has 0 aliphatic carbocycles. The minimum atomic E-state index is -0.985.